The fourth-order valence-corrected chi connectivity index (χ4v) is 1.48. The zero-order valence-electron chi connectivity index (χ0n) is 10.1. The van der Waals surface area contributed by atoms with Crippen molar-refractivity contribution in [2.24, 2.45) is 0 Å². The Balaban J connectivity index is 0.000000186. The molecule has 0 radical (unpaired) electrons. The average Bonchev–Trinajstić information content (AvgIpc) is 2.51. The van der Waals surface area contributed by atoms with Crippen molar-refractivity contribution in [3.63, 3.8) is 0 Å². The van der Waals surface area contributed by atoms with E-state index < -0.39 is 0 Å². The summed E-state index contributed by atoms with van der Waals surface area (Å²) in [6, 6.07) is 16.4. The van der Waals surface area contributed by atoms with Crippen molar-refractivity contribution in [1.82, 2.24) is 15.0 Å². The van der Waals surface area contributed by atoms with Gasteiger partial charge in [-0.15, -0.1) is 0 Å². The summed E-state index contributed by atoms with van der Waals surface area (Å²) in [6.07, 6.45) is 4.31. The van der Waals surface area contributed by atoms with E-state index in [1.54, 1.807) is 12.1 Å². The molecule has 0 atom stereocenters. The number of hydrogen-bond donors (Lipinski definition) is 0. The van der Waals surface area contributed by atoms with Gasteiger partial charge in [-0.2, -0.15) is 0 Å². The van der Waals surface area contributed by atoms with Crippen molar-refractivity contribution in [2.75, 3.05) is 0 Å². The van der Waals surface area contributed by atoms with Gasteiger partial charge in [-0.25, -0.2) is 19.3 Å². The highest BCUT2D eigenvalue weighted by Gasteiger charge is 1.95. The molecule has 0 spiro atoms. The van der Waals surface area contributed by atoms with Gasteiger partial charge in [-0.1, -0.05) is 42.5 Å². The van der Waals surface area contributed by atoms with Crippen LogP contribution in [0.4, 0.5) is 4.39 Å². The summed E-state index contributed by atoms with van der Waals surface area (Å²) in [5.74, 6) is -0.195. The Labute approximate surface area is 110 Å². The molecule has 0 saturated heterocycles. The van der Waals surface area contributed by atoms with E-state index in [1.165, 1.54) is 31.1 Å². The summed E-state index contributed by atoms with van der Waals surface area (Å²) in [4.78, 5) is 10.7. The van der Waals surface area contributed by atoms with Gasteiger partial charge in [0.05, 0.1) is 0 Å². The zero-order chi connectivity index (χ0) is 13.3. The zero-order valence-corrected chi connectivity index (χ0v) is 10.1. The van der Waals surface area contributed by atoms with E-state index >= 15 is 0 Å². The van der Waals surface area contributed by atoms with Gasteiger partial charge < -0.3 is 0 Å². The number of nitrogens with zero attached hydrogens (tertiary/aromatic N) is 3. The van der Waals surface area contributed by atoms with Gasteiger partial charge in [0.1, 0.15) is 24.8 Å². The van der Waals surface area contributed by atoms with E-state index in [0.29, 0.717) is 0 Å². The van der Waals surface area contributed by atoms with Crippen molar-refractivity contribution in [2.45, 2.75) is 0 Å². The minimum Gasteiger partial charge on any atom is -0.225 e. The van der Waals surface area contributed by atoms with Gasteiger partial charge in [0, 0.05) is 0 Å². The van der Waals surface area contributed by atoms with Crippen molar-refractivity contribution >= 4 is 0 Å². The normalized spacial score (nSPS) is 9.32. The average molecular weight is 253 g/mol. The van der Waals surface area contributed by atoms with Crippen LogP contribution in [0.3, 0.4) is 0 Å². The van der Waals surface area contributed by atoms with Gasteiger partial charge in [0.2, 0.25) is 0 Å². The molecule has 4 heteroatoms. The van der Waals surface area contributed by atoms with E-state index in [9.17, 15) is 4.39 Å². The SMILES string of the molecule is Fc1ccc(-c2ccccc2)cc1.c1ncncn1. The van der Waals surface area contributed by atoms with E-state index in [4.69, 9.17) is 0 Å². The summed E-state index contributed by atoms with van der Waals surface area (Å²) >= 11 is 0. The standard InChI is InChI=1S/C12H9F.C3H3N3/c13-12-8-6-11(7-9-12)10-4-2-1-3-5-10;1-4-2-6-3-5-1/h1-9H;1-3H. The first kappa shape index (κ1) is 12.8. The first-order chi connectivity index (χ1) is 9.36. The van der Waals surface area contributed by atoms with Crippen LogP contribution in [0.2, 0.25) is 0 Å². The number of benzene rings is 2. The Morgan fingerprint density at radius 1 is 0.579 bits per heavy atom. The van der Waals surface area contributed by atoms with Crippen molar-refractivity contribution in [3.8, 4) is 11.1 Å². The molecule has 0 bridgehead atoms. The maximum Gasteiger partial charge on any atom is 0.123 e. The predicted molar refractivity (Wildman–Crippen MR) is 71.7 cm³/mol. The Morgan fingerprint density at radius 2 is 1.05 bits per heavy atom. The Bertz CT molecular complexity index is 556. The van der Waals surface area contributed by atoms with Gasteiger partial charge >= 0.3 is 0 Å². The largest absolute Gasteiger partial charge is 0.225 e. The van der Waals surface area contributed by atoms with Crippen LogP contribution in [0.1, 0.15) is 0 Å². The number of hydrogen-bond acceptors (Lipinski definition) is 3. The van der Waals surface area contributed by atoms with E-state index in [-0.39, 0.29) is 5.82 Å². The topological polar surface area (TPSA) is 38.7 Å². The molecule has 0 fully saturated rings. The molecule has 3 nitrogen and oxygen atoms in total. The van der Waals surface area contributed by atoms with Crippen molar-refractivity contribution in [1.29, 1.82) is 0 Å². The summed E-state index contributed by atoms with van der Waals surface area (Å²) in [6.45, 7) is 0. The van der Waals surface area contributed by atoms with Gasteiger partial charge in [0.15, 0.2) is 0 Å². The second-order valence-corrected chi connectivity index (χ2v) is 3.67. The van der Waals surface area contributed by atoms with Crippen LogP contribution in [0, 0.1) is 5.82 Å². The Kier molecular flexibility index (Phi) is 4.70. The molecule has 3 aromatic rings. The number of rotatable bonds is 1. The van der Waals surface area contributed by atoms with Crippen LogP contribution in [-0.4, -0.2) is 15.0 Å². The molecule has 2 aromatic carbocycles. The molecule has 0 aliphatic heterocycles. The molecule has 3 rings (SSSR count). The highest BCUT2D eigenvalue weighted by molar-refractivity contribution is 5.62. The molecule has 0 aliphatic carbocycles. The molecule has 1 aromatic heterocycles. The smallest absolute Gasteiger partial charge is 0.123 e. The van der Waals surface area contributed by atoms with Crippen molar-refractivity contribution in [3.05, 3.63) is 79.4 Å². The monoisotopic (exact) mass is 253 g/mol. The van der Waals surface area contributed by atoms with Gasteiger partial charge in [0.25, 0.3) is 0 Å². The van der Waals surface area contributed by atoms with Gasteiger partial charge in [-0.3, -0.25) is 0 Å². The molecule has 19 heavy (non-hydrogen) atoms. The van der Waals surface area contributed by atoms with Crippen LogP contribution >= 0.6 is 0 Å². The highest BCUT2D eigenvalue weighted by atomic mass is 19.1. The van der Waals surface area contributed by atoms with Crippen LogP contribution < -0.4 is 0 Å². The Morgan fingerprint density at radius 3 is 1.53 bits per heavy atom. The third-order valence-electron chi connectivity index (χ3n) is 2.35. The lowest BCUT2D eigenvalue weighted by molar-refractivity contribution is 0.628. The third kappa shape index (κ3) is 4.27. The second-order valence-electron chi connectivity index (χ2n) is 3.67. The maximum atomic E-state index is 12.6. The van der Waals surface area contributed by atoms with Crippen molar-refractivity contribution < 1.29 is 4.39 Å². The minimum absolute atomic E-state index is 0.195. The lowest BCUT2D eigenvalue weighted by atomic mass is 10.1. The summed E-state index contributed by atoms with van der Waals surface area (Å²) in [7, 11) is 0. The van der Waals surface area contributed by atoms with E-state index in [0.717, 1.165) is 11.1 Å². The molecular weight excluding hydrogens is 241 g/mol. The Hall–Kier alpha value is -2.62. The summed E-state index contributed by atoms with van der Waals surface area (Å²) < 4.78 is 12.6. The number of halogens is 1. The predicted octanol–water partition coefficient (Wildman–Crippen LogP) is 3.36. The fraction of sp³-hybridized carbons (Fsp3) is 0. The highest BCUT2D eigenvalue weighted by Crippen LogP contribution is 2.18. The maximum absolute atomic E-state index is 12.6. The second kappa shape index (κ2) is 6.96. The van der Waals surface area contributed by atoms with Gasteiger partial charge in [-0.05, 0) is 23.3 Å². The molecular formula is C15H12FN3. The number of aromatic nitrogens is 3. The third-order valence-corrected chi connectivity index (χ3v) is 2.35. The van der Waals surface area contributed by atoms with Crippen LogP contribution in [0.5, 0.6) is 0 Å². The molecule has 0 N–H and O–H groups in total. The molecule has 0 amide bonds. The lowest BCUT2D eigenvalue weighted by Crippen LogP contribution is -1.77. The molecule has 0 saturated carbocycles. The lowest BCUT2D eigenvalue weighted by Gasteiger charge is -1.99. The van der Waals surface area contributed by atoms with Crippen LogP contribution in [-0.2, 0) is 0 Å². The first-order valence-corrected chi connectivity index (χ1v) is 5.72. The van der Waals surface area contributed by atoms with Crippen LogP contribution in [0.25, 0.3) is 11.1 Å². The molecule has 94 valence electrons. The molecule has 0 unspecified atom stereocenters. The minimum atomic E-state index is -0.195. The van der Waals surface area contributed by atoms with E-state index in [1.807, 2.05) is 30.3 Å². The molecule has 1 heterocycles. The molecule has 0 aliphatic rings. The summed E-state index contributed by atoms with van der Waals surface area (Å²) in [5, 5.41) is 0. The van der Waals surface area contributed by atoms with E-state index in [2.05, 4.69) is 15.0 Å². The fourth-order valence-electron chi connectivity index (χ4n) is 1.48. The quantitative estimate of drug-likeness (QED) is 0.667. The first-order valence-electron chi connectivity index (χ1n) is 5.72. The summed E-state index contributed by atoms with van der Waals surface area (Å²) in [5.41, 5.74) is 2.16. The van der Waals surface area contributed by atoms with Crippen LogP contribution in [0.15, 0.2) is 73.6 Å².